The summed E-state index contributed by atoms with van der Waals surface area (Å²) in [6.45, 7) is 45.9. The van der Waals surface area contributed by atoms with Gasteiger partial charge in [-0.25, -0.2) is 34.2 Å². The molecule has 0 saturated carbocycles. The van der Waals surface area contributed by atoms with E-state index in [2.05, 4.69) is 131 Å². The van der Waals surface area contributed by atoms with Crippen molar-refractivity contribution in [3.05, 3.63) is 221 Å². The monoisotopic (exact) mass is 2000 g/mol. The van der Waals surface area contributed by atoms with E-state index in [0.29, 0.717) is 46.4 Å². The lowest BCUT2D eigenvalue weighted by Gasteiger charge is -2.28. The van der Waals surface area contributed by atoms with Crippen molar-refractivity contribution in [1.82, 2.24) is 69.2 Å². The minimum atomic E-state index is -5.69. The number of carbonyl (C=O) groups excluding carboxylic acids is 6. The number of amides is 5. The second-order valence-corrected chi connectivity index (χ2v) is 37.0. The molecule has 0 aliphatic carbocycles. The molecule has 139 heavy (non-hydrogen) atoms. The fourth-order valence-electron chi connectivity index (χ4n) is 11.1. The van der Waals surface area contributed by atoms with Crippen LogP contribution < -0.4 is 43.7 Å². The van der Waals surface area contributed by atoms with Gasteiger partial charge >= 0.3 is 41.4 Å². The van der Waals surface area contributed by atoms with Crippen LogP contribution in [0.3, 0.4) is 0 Å². The Balaban J connectivity index is 0.000000781. The number of hydroxylamine groups is 3. The van der Waals surface area contributed by atoms with E-state index in [1.807, 2.05) is 95.7 Å². The molecular weight excluding hydrogens is 1870 g/mol. The Morgan fingerprint density at radius 3 is 1.50 bits per heavy atom. The standard InChI is InChI=1S/C14H23N5.C14H16N2O.C14H15NO4.C14H16O2.C9H12Cl2N2O2.C9H16N2O.C8H12N2O2.C7H13FN2O3.C4H4F6O.C4H10O/c1-6-15-13-11-14(18-12(17-11)10(4)5)19(8-16-13)7-9(2)3;1-11(2)13(12-6-4-3-5-7-12)10-16-9-8-15-14(16)17;1-8(2)11(7-12(16)17)15-13(18)9-5-3-4-6-10(9)14(15)19;1-11(2)13(10-14(15)16)9-8-12-6-4-3-5-7-12;1-5(2)9(14)12-8-6(10)3-13(15)4-7(8)11;1-7(2)8(3)6-11-5-4-10-9(11)12;1-6(2)7(11)5-10-4-3-9-8(10)12;1-4(2)6(11)9-5(3-8)7(12)10-13;1-2(11,3(5,6)7)4(8,9)10;1-4(2,3)5/h8-10H,6-7H2,1-5H3,(H,17,18);3-11H,1-2H3,(H,15,17);3-6,8,11H,7H2,1-2H3,(H,16,17);3-7,11,13H,10H2,1-2H3,(H,15,16);3,5,13H,4H2,1-2H3,(H,12,14);4-5,7-8H,6H2,1-3H3,(H,10,12);3-4,6H,5H2,1-2H3,(H,9,12);4-5,13H,3H2,1-2H3,(H,9,11)(H,10,12);11H,1H3;5H,1-3H3/b;13-10-;;;;;;;;. The largest absolute Gasteiger partial charge is 0.629 e. The third-order valence-electron chi connectivity index (χ3n) is 19.8. The van der Waals surface area contributed by atoms with Crippen LogP contribution in [0.4, 0.5) is 30.7 Å². The number of carboxylic acid groups (broad SMARTS) is 2. The predicted octanol–water partition coefficient (Wildman–Crippen LogP) is 14.7. The Kier molecular flexibility index (Phi) is 53.9. The van der Waals surface area contributed by atoms with E-state index in [9.17, 15) is 88.7 Å². The molecule has 5 amide bonds. The zero-order valence-corrected chi connectivity index (χ0v) is 84.6. The molecular formula is C97H137Cl2F7N16O17. The molecule has 5 aromatic heterocycles. The van der Waals surface area contributed by atoms with Crippen molar-refractivity contribution in [1.29, 1.82) is 0 Å². The number of carboxylic acids is 2. The number of nitrogens with zero attached hydrogens (tertiary/aromatic N) is 8. The van der Waals surface area contributed by atoms with Crippen LogP contribution in [-0.2, 0) is 48.4 Å². The van der Waals surface area contributed by atoms with Gasteiger partial charge in [0.05, 0.1) is 59.2 Å². The summed E-state index contributed by atoms with van der Waals surface area (Å²) in [6.07, 6.45) is 3.44. The summed E-state index contributed by atoms with van der Waals surface area (Å²) in [6, 6.07) is 24.4. The van der Waals surface area contributed by atoms with Crippen LogP contribution in [-0.4, -0.2) is 181 Å². The molecule has 10 rings (SSSR count). The molecule has 5 atom stereocenters. The molecule has 33 nitrogen and oxygen atoms in total. The number of imide groups is 1. The van der Waals surface area contributed by atoms with Gasteiger partial charge in [-0.05, 0) is 106 Å². The maximum absolute atomic E-state index is 12.2. The first-order valence-electron chi connectivity index (χ1n) is 44.8. The number of aliphatic hydroxyl groups is 2. The number of halogens is 9. The number of aromatic nitrogens is 10. The molecule has 0 spiro atoms. The van der Waals surface area contributed by atoms with Crippen LogP contribution >= 0.6 is 23.2 Å². The number of imidazole rings is 4. The highest BCUT2D eigenvalue weighted by molar-refractivity contribution is 6.36. The van der Waals surface area contributed by atoms with Gasteiger partial charge < -0.3 is 65.8 Å². The average molecular weight is 2000 g/mol. The summed E-state index contributed by atoms with van der Waals surface area (Å²) in [7, 11) is 0. The third kappa shape index (κ3) is 44.7. The Hall–Kier alpha value is -12.1. The van der Waals surface area contributed by atoms with Crippen molar-refractivity contribution >= 4 is 93.4 Å². The van der Waals surface area contributed by atoms with Crippen molar-refractivity contribution in [2.45, 2.75) is 240 Å². The highest BCUT2D eigenvalue weighted by Crippen LogP contribution is 2.42. The van der Waals surface area contributed by atoms with Crippen LogP contribution in [0.25, 0.3) is 22.9 Å². The number of hydrogen-bond acceptors (Lipinski definition) is 18. The first-order chi connectivity index (χ1) is 64.4. The lowest BCUT2D eigenvalue weighted by molar-refractivity contribution is -0.785. The van der Waals surface area contributed by atoms with E-state index >= 15 is 0 Å². The van der Waals surface area contributed by atoms with Gasteiger partial charge in [-0.3, -0.25) is 67.2 Å². The molecule has 0 fully saturated rings. The summed E-state index contributed by atoms with van der Waals surface area (Å²) in [4.78, 5) is 150. The number of carbonyl (C=O) groups is 8. The van der Waals surface area contributed by atoms with Gasteiger partial charge in [0.25, 0.3) is 23.3 Å². The molecule has 13 N–H and O–H groups in total. The molecule has 5 unspecified atom stereocenters. The van der Waals surface area contributed by atoms with E-state index < -0.39 is 77.9 Å². The van der Waals surface area contributed by atoms with Crippen molar-refractivity contribution < 1.29 is 99.8 Å². The molecule has 8 aromatic rings. The number of ketones is 1. The normalized spacial score (nSPS) is 14.0. The molecule has 2 aliphatic heterocycles. The molecule has 0 radical (unpaired) electrons. The van der Waals surface area contributed by atoms with Crippen LogP contribution in [0.15, 0.2) is 170 Å². The zero-order chi connectivity index (χ0) is 107. The van der Waals surface area contributed by atoms with Crippen LogP contribution in [0.5, 0.6) is 0 Å². The maximum Gasteiger partial charge on any atom is 0.425 e. The van der Waals surface area contributed by atoms with Gasteiger partial charge in [0.15, 0.2) is 16.9 Å². The molecule has 42 heteroatoms. The third-order valence-corrected chi connectivity index (χ3v) is 20.4. The van der Waals surface area contributed by atoms with Crippen molar-refractivity contribution in [3.63, 3.8) is 0 Å². The Labute approximate surface area is 814 Å². The summed E-state index contributed by atoms with van der Waals surface area (Å²) in [5, 5.41) is 58.4. The quantitative estimate of drug-likeness (QED) is 0.00598. The minimum Gasteiger partial charge on any atom is -0.629 e. The second kappa shape index (κ2) is 60.0. The topological polar surface area (TPSA) is 477 Å². The number of aromatic amines is 4. The first-order valence-corrected chi connectivity index (χ1v) is 45.6. The van der Waals surface area contributed by atoms with Gasteiger partial charge in [-0.2, -0.15) is 26.3 Å². The lowest BCUT2D eigenvalue weighted by atomic mass is 9.93. The van der Waals surface area contributed by atoms with E-state index in [4.69, 9.17) is 53.8 Å². The molecule has 3 aromatic carbocycles. The average Bonchev–Trinajstić information content (AvgIpc) is 1.60. The lowest BCUT2D eigenvalue weighted by Crippen LogP contribution is -3.03. The minimum absolute atomic E-state index is 0.0116. The SMILES string of the molecule is CC(C)(C)O.CC(C)/C(=C/n1cc[nH]c1=O)c1ccccc1.CC(C)C(=O)Cn1cc[nH]c1=O.CC(C)C(=O)NC(CF)C(=O)NO.CC(C)C(=O)NC1=C(Cl)C[NH+]([O-])C=C1Cl.CC(C)C(C#Cc1ccccc1)CC(=O)O.CC(C)C(C)Cn1cc[nH]c1=O.CC(C)C(CC(=O)O)N1C(=O)c2ccccc2C1=O.CC(O)(C(F)(F)F)C(F)(F)F.CCN=c1ncn(CC(C)C)c2nc(C(C)C)[nH]c12. The highest BCUT2D eigenvalue weighted by Gasteiger charge is 2.67. The van der Waals surface area contributed by atoms with Crippen molar-refractivity contribution in [2.75, 3.05) is 19.8 Å². The van der Waals surface area contributed by atoms with Crippen molar-refractivity contribution in [2.24, 2.45) is 64.2 Å². The van der Waals surface area contributed by atoms with Gasteiger partial charge in [0.2, 0.25) is 11.8 Å². The second-order valence-electron chi connectivity index (χ2n) is 36.2. The van der Waals surface area contributed by atoms with Gasteiger partial charge in [0, 0.05) is 98.2 Å². The molecule has 770 valence electrons. The fraction of sp³-hybridized carbons (Fsp3) is 0.505. The van der Waals surface area contributed by atoms with Gasteiger partial charge in [0.1, 0.15) is 41.8 Å². The number of alkyl halides is 7. The smallest absolute Gasteiger partial charge is 0.425 e. The van der Waals surface area contributed by atoms with Gasteiger partial charge in [-0.1, -0.05) is 227 Å². The van der Waals surface area contributed by atoms with Crippen LogP contribution in [0, 0.1) is 76.2 Å². The van der Waals surface area contributed by atoms with Crippen LogP contribution in [0.1, 0.15) is 223 Å². The maximum atomic E-state index is 12.2. The number of aliphatic carboxylic acids is 2. The van der Waals surface area contributed by atoms with E-state index in [0.717, 1.165) is 63.7 Å². The van der Waals surface area contributed by atoms with E-state index in [1.165, 1.54) is 22.4 Å². The van der Waals surface area contributed by atoms with E-state index in [-0.39, 0.29) is 112 Å². The van der Waals surface area contributed by atoms with E-state index in [1.54, 1.807) is 127 Å². The Morgan fingerprint density at radius 2 is 1.12 bits per heavy atom. The molecule has 0 bridgehead atoms. The summed E-state index contributed by atoms with van der Waals surface area (Å²) >= 11 is 11.6. The van der Waals surface area contributed by atoms with Gasteiger partial charge in [-0.15, -0.1) is 0 Å². The predicted molar refractivity (Wildman–Crippen MR) is 519 cm³/mol. The summed E-state index contributed by atoms with van der Waals surface area (Å²) < 4.78 is 87.0. The molecule has 0 saturated heterocycles. The molecule has 7 heterocycles. The number of H-pyrrole nitrogens is 4. The number of allylic oxidation sites excluding steroid dienone is 2. The number of rotatable bonds is 26. The first kappa shape index (κ1) is 125. The zero-order valence-electron chi connectivity index (χ0n) is 83.1. The number of benzene rings is 3. The molecule has 2 aliphatic rings. The number of quaternary nitrogens is 1. The van der Waals surface area contributed by atoms with Crippen molar-refractivity contribution in [3.8, 4) is 11.8 Å². The Morgan fingerprint density at radius 1 is 0.626 bits per heavy atom. The number of fused-ring (bicyclic) bond motifs is 2. The number of nitrogens with one attached hydrogen (secondary N) is 8. The summed E-state index contributed by atoms with van der Waals surface area (Å²) in [5.74, 6) is 4.91. The number of hydrogen-bond donors (Lipinski definition) is 13. The summed E-state index contributed by atoms with van der Waals surface area (Å²) in [5.41, 5.74) is 2.73. The fourth-order valence-corrected chi connectivity index (χ4v) is 11.7. The Bertz CT molecular complexity index is 5570. The number of Topliss-reactive ketones (excluding diaryl/α,β-unsaturated/α-hetero) is 1. The van der Waals surface area contributed by atoms with Crippen LogP contribution in [0.2, 0.25) is 0 Å². The highest BCUT2D eigenvalue weighted by atomic mass is 35.5.